The summed E-state index contributed by atoms with van der Waals surface area (Å²) in [7, 11) is 0. The van der Waals surface area contributed by atoms with E-state index in [-0.39, 0.29) is 17.4 Å². The Morgan fingerprint density at radius 1 is 1.35 bits per heavy atom. The Morgan fingerprint density at radius 3 is 2.80 bits per heavy atom. The maximum absolute atomic E-state index is 11.7. The number of nitrogens with zero attached hydrogens (tertiary/aromatic N) is 1. The quantitative estimate of drug-likeness (QED) is 0.776. The highest BCUT2D eigenvalue weighted by Crippen LogP contribution is 2.09. The maximum Gasteiger partial charge on any atom is 0.353 e. The van der Waals surface area contributed by atoms with E-state index < -0.39 is 5.97 Å². The van der Waals surface area contributed by atoms with Gasteiger partial charge in [-0.05, 0) is 18.9 Å². The van der Waals surface area contributed by atoms with E-state index in [9.17, 15) is 9.59 Å². The topological polar surface area (TPSA) is 95.1 Å². The Balaban J connectivity index is 1.87. The van der Waals surface area contributed by atoms with Gasteiger partial charge in [0.25, 0.3) is 0 Å². The molecule has 0 bridgehead atoms. The van der Waals surface area contributed by atoms with Gasteiger partial charge < -0.3 is 10.4 Å². The molecule has 1 amide bonds. The van der Waals surface area contributed by atoms with E-state index in [1.165, 1.54) is 6.07 Å². The number of carboxylic acids is 1. The molecule has 3 N–H and O–H groups in total. The van der Waals surface area contributed by atoms with E-state index in [1.54, 1.807) is 0 Å². The van der Waals surface area contributed by atoms with Crippen molar-refractivity contribution in [3.63, 3.8) is 0 Å². The molecule has 1 heterocycles. The van der Waals surface area contributed by atoms with Crippen LogP contribution in [0.5, 0.6) is 0 Å². The van der Waals surface area contributed by atoms with Crippen molar-refractivity contribution in [2.45, 2.75) is 19.8 Å². The number of amides is 1. The summed E-state index contributed by atoms with van der Waals surface area (Å²) >= 11 is 0. The number of anilines is 1. The van der Waals surface area contributed by atoms with Crippen molar-refractivity contribution in [1.82, 2.24) is 10.2 Å². The van der Waals surface area contributed by atoms with E-state index in [0.717, 1.165) is 11.1 Å². The summed E-state index contributed by atoms with van der Waals surface area (Å²) < 4.78 is 0. The number of nitrogens with one attached hydrogen (secondary N) is 2. The van der Waals surface area contributed by atoms with Crippen molar-refractivity contribution in [2.75, 3.05) is 5.32 Å². The zero-order valence-electron chi connectivity index (χ0n) is 11.0. The van der Waals surface area contributed by atoms with Gasteiger partial charge in [-0.15, -0.1) is 0 Å². The smallest absolute Gasteiger partial charge is 0.353 e. The second kappa shape index (κ2) is 6.01. The molecular weight excluding hydrogens is 258 g/mol. The third-order valence-corrected chi connectivity index (χ3v) is 2.80. The van der Waals surface area contributed by atoms with Crippen LogP contribution in [0.3, 0.4) is 0 Å². The van der Waals surface area contributed by atoms with Crippen molar-refractivity contribution in [3.8, 4) is 0 Å². The SMILES string of the molecule is Cc1cccc(CCC(=O)Nc2cc(C(=O)O)[nH]n2)c1. The van der Waals surface area contributed by atoms with Crippen molar-refractivity contribution in [2.24, 2.45) is 0 Å². The summed E-state index contributed by atoms with van der Waals surface area (Å²) in [6.07, 6.45) is 0.947. The predicted molar refractivity (Wildman–Crippen MR) is 73.7 cm³/mol. The van der Waals surface area contributed by atoms with Gasteiger partial charge in [0.1, 0.15) is 5.69 Å². The van der Waals surface area contributed by atoms with Crippen LogP contribution in [0.4, 0.5) is 5.82 Å². The molecule has 2 rings (SSSR count). The molecule has 0 saturated carbocycles. The highest BCUT2D eigenvalue weighted by atomic mass is 16.4. The molecule has 104 valence electrons. The van der Waals surface area contributed by atoms with Gasteiger partial charge in [-0.3, -0.25) is 9.89 Å². The summed E-state index contributed by atoms with van der Waals surface area (Å²) in [4.78, 5) is 22.4. The van der Waals surface area contributed by atoms with Gasteiger partial charge in [0.05, 0.1) is 0 Å². The van der Waals surface area contributed by atoms with Crippen molar-refractivity contribution in [1.29, 1.82) is 0 Å². The number of carbonyl (C=O) groups excluding carboxylic acids is 1. The number of aromatic carboxylic acids is 1. The zero-order chi connectivity index (χ0) is 14.5. The standard InChI is InChI=1S/C14H15N3O3/c1-9-3-2-4-10(7-9)5-6-13(18)15-12-8-11(14(19)20)16-17-12/h2-4,7-8H,5-6H2,1H3,(H,19,20)(H2,15,16,17,18). The molecule has 0 radical (unpaired) electrons. The number of benzene rings is 1. The minimum atomic E-state index is -1.11. The van der Waals surface area contributed by atoms with Crippen LogP contribution in [0, 0.1) is 6.92 Å². The average Bonchev–Trinajstić information content (AvgIpc) is 2.85. The van der Waals surface area contributed by atoms with Crippen LogP contribution in [0.15, 0.2) is 30.3 Å². The lowest BCUT2D eigenvalue weighted by atomic mass is 10.1. The van der Waals surface area contributed by atoms with Gasteiger partial charge in [0.2, 0.25) is 5.91 Å². The fraction of sp³-hybridized carbons (Fsp3) is 0.214. The molecule has 1 aromatic carbocycles. The van der Waals surface area contributed by atoms with Gasteiger partial charge in [-0.1, -0.05) is 29.8 Å². The number of carbonyl (C=O) groups is 2. The molecule has 20 heavy (non-hydrogen) atoms. The molecule has 0 atom stereocenters. The van der Waals surface area contributed by atoms with Crippen LogP contribution >= 0.6 is 0 Å². The zero-order valence-corrected chi connectivity index (χ0v) is 11.0. The van der Waals surface area contributed by atoms with Gasteiger partial charge in [-0.25, -0.2) is 4.79 Å². The highest BCUT2D eigenvalue weighted by molar-refractivity contribution is 5.92. The fourth-order valence-corrected chi connectivity index (χ4v) is 1.83. The second-order valence-electron chi connectivity index (χ2n) is 4.51. The number of carboxylic acid groups (broad SMARTS) is 1. The molecule has 0 aliphatic heterocycles. The normalized spacial score (nSPS) is 10.2. The first-order valence-electron chi connectivity index (χ1n) is 6.18. The summed E-state index contributed by atoms with van der Waals surface area (Å²) in [5.41, 5.74) is 2.19. The Hall–Kier alpha value is -2.63. The first kappa shape index (κ1) is 13.8. The van der Waals surface area contributed by atoms with Crippen LogP contribution in [0.2, 0.25) is 0 Å². The number of aromatic amines is 1. The number of rotatable bonds is 5. The number of aromatic nitrogens is 2. The highest BCUT2D eigenvalue weighted by Gasteiger charge is 2.10. The monoisotopic (exact) mass is 273 g/mol. The molecule has 0 saturated heterocycles. The predicted octanol–water partition coefficient (Wildman–Crippen LogP) is 1.99. The fourth-order valence-electron chi connectivity index (χ4n) is 1.83. The Kier molecular flexibility index (Phi) is 4.14. The average molecular weight is 273 g/mol. The largest absolute Gasteiger partial charge is 0.477 e. The van der Waals surface area contributed by atoms with Crippen molar-refractivity contribution >= 4 is 17.7 Å². The molecule has 2 aromatic rings. The lowest BCUT2D eigenvalue weighted by Gasteiger charge is -2.03. The first-order valence-corrected chi connectivity index (χ1v) is 6.18. The molecule has 6 heteroatoms. The number of H-pyrrole nitrogens is 1. The summed E-state index contributed by atoms with van der Waals surface area (Å²) in [5, 5.41) is 17.3. The van der Waals surface area contributed by atoms with Gasteiger partial charge in [-0.2, -0.15) is 5.10 Å². The van der Waals surface area contributed by atoms with Gasteiger partial charge >= 0.3 is 5.97 Å². The molecule has 0 aliphatic rings. The number of hydrogen-bond donors (Lipinski definition) is 3. The van der Waals surface area contributed by atoms with E-state index in [1.807, 2.05) is 31.2 Å². The van der Waals surface area contributed by atoms with Gasteiger partial charge in [0.15, 0.2) is 5.82 Å². The Bertz CT molecular complexity index is 634. The second-order valence-corrected chi connectivity index (χ2v) is 4.51. The lowest BCUT2D eigenvalue weighted by Crippen LogP contribution is -2.12. The van der Waals surface area contributed by atoms with Crippen LogP contribution in [0.1, 0.15) is 28.0 Å². The molecular formula is C14H15N3O3. The van der Waals surface area contributed by atoms with E-state index in [4.69, 9.17) is 5.11 Å². The van der Waals surface area contributed by atoms with E-state index >= 15 is 0 Å². The molecule has 0 aliphatic carbocycles. The van der Waals surface area contributed by atoms with Crippen molar-refractivity contribution < 1.29 is 14.7 Å². The lowest BCUT2D eigenvalue weighted by molar-refractivity contribution is -0.116. The minimum absolute atomic E-state index is 0.0565. The third-order valence-electron chi connectivity index (χ3n) is 2.80. The van der Waals surface area contributed by atoms with Crippen LogP contribution < -0.4 is 5.32 Å². The Morgan fingerprint density at radius 2 is 2.15 bits per heavy atom. The molecule has 1 aromatic heterocycles. The maximum atomic E-state index is 11.7. The van der Waals surface area contributed by atoms with E-state index in [2.05, 4.69) is 15.5 Å². The van der Waals surface area contributed by atoms with Crippen molar-refractivity contribution in [3.05, 3.63) is 47.2 Å². The summed E-state index contributed by atoms with van der Waals surface area (Å²) in [6.45, 7) is 2.00. The molecule has 0 unspecified atom stereocenters. The first-order chi connectivity index (χ1) is 9.54. The Labute approximate surface area is 115 Å². The summed E-state index contributed by atoms with van der Waals surface area (Å²) in [6, 6.07) is 9.24. The summed E-state index contributed by atoms with van der Waals surface area (Å²) in [5.74, 6) is -1.09. The molecule has 0 fully saturated rings. The van der Waals surface area contributed by atoms with Crippen LogP contribution in [0.25, 0.3) is 0 Å². The van der Waals surface area contributed by atoms with E-state index in [0.29, 0.717) is 12.8 Å². The third kappa shape index (κ3) is 3.68. The minimum Gasteiger partial charge on any atom is -0.477 e. The number of aryl methyl sites for hydroxylation is 2. The van der Waals surface area contributed by atoms with Crippen LogP contribution in [-0.2, 0) is 11.2 Å². The molecule has 6 nitrogen and oxygen atoms in total. The van der Waals surface area contributed by atoms with Gasteiger partial charge in [0, 0.05) is 12.5 Å². The molecule has 0 spiro atoms. The number of hydrogen-bond acceptors (Lipinski definition) is 3. The van der Waals surface area contributed by atoms with Crippen LogP contribution in [-0.4, -0.2) is 27.2 Å².